The van der Waals surface area contributed by atoms with E-state index in [-0.39, 0.29) is 11.4 Å². The molecule has 4 heterocycles. The van der Waals surface area contributed by atoms with Crippen molar-refractivity contribution in [1.82, 2.24) is 19.9 Å². The monoisotopic (exact) mass is 418 g/mol. The third-order valence-corrected chi connectivity index (χ3v) is 4.31. The molecule has 2 N–H and O–H groups in total. The second-order valence-electron chi connectivity index (χ2n) is 6.29. The molecular weight excluding hydrogens is 396 g/mol. The number of aromatic nitrogens is 4. The van der Waals surface area contributed by atoms with E-state index in [2.05, 4.69) is 19.9 Å². The normalized spacial score (nSPS) is 16.4. The molecular formula is C18H22N6O6. The summed E-state index contributed by atoms with van der Waals surface area (Å²) in [4.78, 5) is 41.2. The Kier molecular flexibility index (Phi) is 7.40. The summed E-state index contributed by atoms with van der Waals surface area (Å²) in [5.41, 5.74) is 0.0398. The fourth-order valence-electron chi connectivity index (χ4n) is 2.77. The maximum atomic E-state index is 10.7. The van der Waals surface area contributed by atoms with Gasteiger partial charge in [0.25, 0.3) is 0 Å². The van der Waals surface area contributed by atoms with E-state index in [9.17, 15) is 9.59 Å². The lowest BCUT2D eigenvalue weighted by atomic mass is 10.4. The molecule has 0 unspecified atom stereocenters. The Morgan fingerprint density at radius 1 is 0.733 bits per heavy atom. The van der Waals surface area contributed by atoms with Crippen LogP contribution in [0.5, 0.6) is 0 Å². The van der Waals surface area contributed by atoms with Crippen molar-refractivity contribution in [1.29, 1.82) is 0 Å². The van der Waals surface area contributed by atoms with Crippen LogP contribution in [0, 0.1) is 0 Å². The number of carboxylic acid groups (broad SMARTS) is 2. The van der Waals surface area contributed by atoms with Gasteiger partial charge in [-0.2, -0.15) is 0 Å². The molecule has 0 bridgehead atoms. The van der Waals surface area contributed by atoms with Crippen molar-refractivity contribution in [2.45, 2.75) is 0 Å². The number of ether oxygens (including phenoxy) is 2. The Morgan fingerprint density at radius 3 is 1.43 bits per heavy atom. The second kappa shape index (κ2) is 10.4. The van der Waals surface area contributed by atoms with E-state index in [1.165, 1.54) is 24.5 Å². The van der Waals surface area contributed by atoms with Gasteiger partial charge in [-0.05, 0) is 12.1 Å². The van der Waals surface area contributed by atoms with Crippen LogP contribution in [0.25, 0.3) is 0 Å². The molecule has 2 fully saturated rings. The quantitative estimate of drug-likeness (QED) is 0.689. The van der Waals surface area contributed by atoms with E-state index in [4.69, 9.17) is 19.7 Å². The molecule has 0 aliphatic carbocycles. The predicted octanol–water partition coefficient (Wildman–Crippen LogP) is 0.0228. The number of aromatic carboxylic acids is 2. The number of carboxylic acids is 2. The summed E-state index contributed by atoms with van der Waals surface area (Å²) in [5.74, 6) is -1.16. The summed E-state index contributed by atoms with van der Waals surface area (Å²) in [6.45, 7) is 5.29. The fraction of sp³-hybridized carbons (Fsp3) is 0.444. The predicted molar refractivity (Wildman–Crippen MR) is 104 cm³/mol. The van der Waals surface area contributed by atoms with Crippen molar-refractivity contribution in [3.05, 3.63) is 35.9 Å². The molecule has 4 rings (SSSR count). The van der Waals surface area contributed by atoms with E-state index in [0.29, 0.717) is 64.5 Å². The van der Waals surface area contributed by atoms with Crippen LogP contribution >= 0.6 is 0 Å². The first-order valence-corrected chi connectivity index (χ1v) is 9.32. The number of carbonyl (C=O) groups is 2. The van der Waals surface area contributed by atoms with Gasteiger partial charge < -0.3 is 29.5 Å². The minimum Gasteiger partial charge on any atom is -0.477 e. The van der Waals surface area contributed by atoms with Gasteiger partial charge >= 0.3 is 11.9 Å². The van der Waals surface area contributed by atoms with Gasteiger partial charge in [0.2, 0.25) is 11.9 Å². The molecule has 2 aliphatic rings. The molecule has 2 aromatic heterocycles. The van der Waals surface area contributed by atoms with Crippen molar-refractivity contribution in [3.63, 3.8) is 0 Å². The summed E-state index contributed by atoms with van der Waals surface area (Å²) in [6, 6.07) is 2.76. The van der Waals surface area contributed by atoms with Crippen LogP contribution < -0.4 is 9.80 Å². The summed E-state index contributed by atoms with van der Waals surface area (Å²) >= 11 is 0. The maximum absolute atomic E-state index is 10.7. The average Bonchev–Trinajstić information content (AvgIpc) is 2.81. The third kappa shape index (κ3) is 5.81. The lowest BCUT2D eigenvalue weighted by Gasteiger charge is -2.26. The first kappa shape index (κ1) is 21.3. The van der Waals surface area contributed by atoms with Gasteiger partial charge in [0.1, 0.15) is 0 Å². The largest absolute Gasteiger partial charge is 0.477 e. The van der Waals surface area contributed by atoms with E-state index < -0.39 is 11.9 Å². The van der Waals surface area contributed by atoms with Crippen molar-refractivity contribution >= 4 is 23.8 Å². The zero-order chi connectivity index (χ0) is 21.3. The van der Waals surface area contributed by atoms with E-state index in [1.54, 1.807) is 0 Å². The van der Waals surface area contributed by atoms with Gasteiger partial charge in [-0.25, -0.2) is 29.5 Å². The molecule has 30 heavy (non-hydrogen) atoms. The molecule has 2 aromatic rings. The SMILES string of the molecule is O=C(O)c1ccnc(N2CCOCC2)n1.O=C(O)c1ccnc(N2CCOCC2)n1. The highest BCUT2D eigenvalue weighted by molar-refractivity contribution is 5.85. The van der Waals surface area contributed by atoms with Crippen LogP contribution in [-0.4, -0.2) is 94.7 Å². The number of hydrogen-bond acceptors (Lipinski definition) is 10. The van der Waals surface area contributed by atoms with Crippen LogP contribution in [0.1, 0.15) is 21.0 Å². The van der Waals surface area contributed by atoms with Gasteiger partial charge in [-0.3, -0.25) is 0 Å². The lowest BCUT2D eigenvalue weighted by Crippen LogP contribution is -2.37. The van der Waals surface area contributed by atoms with Gasteiger partial charge in [0.15, 0.2) is 11.4 Å². The molecule has 12 heteroatoms. The molecule has 2 saturated heterocycles. The van der Waals surface area contributed by atoms with E-state index in [1.807, 2.05) is 9.80 Å². The zero-order valence-corrected chi connectivity index (χ0v) is 16.2. The number of morpholine rings is 2. The van der Waals surface area contributed by atoms with Crippen LogP contribution in [-0.2, 0) is 9.47 Å². The molecule has 0 aromatic carbocycles. The number of hydrogen-bond donors (Lipinski definition) is 2. The summed E-state index contributed by atoms with van der Waals surface area (Å²) < 4.78 is 10.4. The van der Waals surface area contributed by atoms with Gasteiger partial charge in [0.05, 0.1) is 26.4 Å². The molecule has 0 atom stereocenters. The first-order valence-electron chi connectivity index (χ1n) is 9.32. The first-order chi connectivity index (χ1) is 14.5. The molecule has 0 saturated carbocycles. The minimum absolute atomic E-state index is 0.0199. The highest BCUT2D eigenvalue weighted by Gasteiger charge is 2.16. The number of anilines is 2. The Bertz CT molecular complexity index is 798. The number of rotatable bonds is 4. The molecule has 0 spiro atoms. The van der Waals surface area contributed by atoms with E-state index in [0.717, 1.165) is 0 Å². The van der Waals surface area contributed by atoms with Crippen LogP contribution in [0.4, 0.5) is 11.9 Å². The van der Waals surface area contributed by atoms with Gasteiger partial charge in [0, 0.05) is 38.6 Å². The van der Waals surface area contributed by atoms with E-state index >= 15 is 0 Å². The smallest absolute Gasteiger partial charge is 0.354 e. The molecule has 0 radical (unpaired) electrons. The lowest BCUT2D eigenvalue weighted by molar-refractivity contribution is 0.0679. The maximum Gasteiger partial charge on any atom is 0.354 e. The molecule has 2 aliphatic heterocycles. The minimum atomic E-state index is -1.04. The zero-order valence-electron chi connectivity index (χ0n) is 16.2. The van der Waals surface area contributed by atoms with Crippen LogP contribution in [0.2, 0.25) is 0 Å². The van der Waals surface area contributed by atoms with Crippen molar-refractivity contribution < 1.29 is 29.3 Å². The summed E-state index contributed by atoms with van der Waals surface area (Å²) in [5, 5.41) is 17.5. The second-order valence-corrected chi connectivity index (χ2v) is 6.29. The molecule has 160 valence electrons. The van der Waals surface area contributed by atoms with Crippen molar-refractivity contribution in [2.24, 2.45) is 0 Å². The summed E-state index contributed by atoms with van der Waals surface area (Å²) in [6.07, 6.45) is 2.92. The topological polar surface area (TPSA) is 151 Å². The molecule has 0 amide bonds. The Morgan fingerprint density at radius 2 is 1.10 bits per heavy atom. The van der Waals surface area contributed by atoms with Crippen molar-refractivity contribution in [3.8, 4) is 0 Å². The highest BCUT2D eigenvalue weighted by Crippen LogP contribution is 2.10. The Balaban J connectivity index is 0.000000171. The highest BCUT2D eigenvalue weighted by atomic mass is 16.5. The van der Waals surface area contributed by atoms with Gasteiger partial charge in [-0.15, -0.1) is 0 Å². The fourth-order valence-corrected chi connectivity index (χ4v) is 2.77. The Labute approximate surface area is 172 Å². The Hall–Kier alpha value is -3.38. The summed E-state index contributed by atoms with van der Waals surface area (Å²) in [7, 11) is 0. The number of nitrogens with zero attached hydrogens (tertiary/aromatic N) is 6. The van der Waals surface area contributed by atoms with Crippen LogP contribution in [0.3, 0.4) is 0 Å². The van der Waals surface area contributed by atoms with Crippen LogP contribution in [0.15, 0.2) is 24.5 Å². The standard InChI is InChI=1S/2C9H11N3O3/c2*13-8(14)7-1-2-10-9(11-7)12-3-5-15-6-4-12/h2*1-2H,3-6H2,(H,13,14). The molecule has 12 nitrogen and oxygen atoms in total. The third-order valence-electron chi connectivity index (χ3n) is 4.31. The average molecular weight is 418 g/mol. The van der Waals surface area contributed by atoms with Gasteiger partial charge in [-0.1, -0.05) is 0 Å². The van der Waals surface area contributed by atoms with Crippen molar-refractivity contribution in [2.75, 3.05) is 62.4 Å².